The second-order valence-corrected chi connectivity index (χ2v) is 3.29. The molecule has 1 amide bonds. The Bertz CT molecular complexity index is 447. The molecule has 0 radical (unpaired) electrons. The molecule has 2 N–H and O–H groups in total. The maximum Gasteiger partial charge on any atom is 0.346 e. The smallest absolute Gasteiger partial charge is 0.346 e. The van der Waals surface area contributed by atoms with Crippen LogP contribution in [-0.4, -0.2) is 25.1 Å². The molecular weight excluding hydrogens is 229 g/mol. The molecule has 0 heterocycles. The molecule has 0 aliphatic carbocycles. The predicted molar refractivity (Wildman–Crippen MR) is 57.0 cm³/mol. The van der Waals surface area contributed by atoms with Gasteiger partial charge in [0.2, 0.25) is 0 Å². The van der Waals surface area contributed by atoms with Gasteiger partial charge in [-0.2, -0.15) is 0 Å². The highest BCUT2D eigenvalue weighted by molar-refractivity contribution is 5.93. The second kappa shape index (κ2) is 5.29. The standard InChI is InChI=1S/C11H12FNO4/c1-6(11(15)16-2)17-7-3-4-8(10(13)14)9(12)5-7/h3-6H,1-2H3,(H2,13,14). The number of amides is 1. The highest BCUT2D eigenvalue weighted by Crippen LogP contribution is 2.17. The largest absolute Gasteiger partial charge is 0.479 e. The van der Waals surface area contributed by atoms with Crippen molar-refractivity contribution < 1.29 is 23.5 Å². The van der Waals surface area contributed by atoms with Gasteiger partial charge in [-0.25, -0.2) is 9.18 Å². The van der Waals surface area contributed by atoms with Crippen molar-refractivity contribution in [2.24, 2.45) is 5.73 Å². The Morgan fingerprint density at radius 3 is 2.53 bits per heavy atom. The zero-order valence-electron chi connectivity index (χ0n) is 9.40. The van der Waals surface area contributed by atoms with Crippen LogP contribution in [-0.2, 0) is 9.53 Å². The zero-order valence-corrected chi connectivity index (χ0v) is 9.40. The summed E-state index contributed by atoms with van der Waals surface area (Å²) in [6.45, 7) is 1.46. The molecule has 0 bridgehead atoms. The summed E-state index contributed by atoms with van der Waals surface area (Å²) in [5, 5.41) is 0. The summed E-state index contributed by atoms with van der Waals surface area (Å²) in [5.74, 6) is -2.13. The predicted octanol–water partition coefficient (Wildman–Crippen LogP) is 0.865. The van der Waals surface area contributed by atoms with E-state index in [2.05, 4.69) is 4.74 Å². The Kier molecular flexibility index (Phi) is 4.03. The summed E-state index contributed by atoms with van der Waals surface area (Å²) in [6.07, 6.45) is -0.862. The molecule has 0 aliphatic rings. The average molecular weight is 241 g/mol. The molecular formula is C11H12FNO4. The fraction of sp³-hybridized carbons (Fsp3) is 0.273. The van der Waals surface area contributed by atoms with Crippen LogP contribution in [0.3, 0.4) is 0 Å². The lowest BCUT2D eigenvalue weighted by Crippen LogP contribution is -2.25. The van der Waals surface area contributed by atoms with Crippen LogP contribution in [0.4, 0.5) is 4.39 Å². The number of primary amides is 1. The quantitative estimate of drug-likeness (QED) is 0.793. The third-order valence-corrected chi connectivity index (χ3v) is 2.05. The van der Waals surface area contributed by atoms with Crippen molar-refractivity contribution in [1.82, 2.24) is 0 Å². The van der Waals surface area contributed by atoms with Gasteiger partial charge in [-0.15, -0.1) is 0 Å². The lowest BCUT2D eigenvalue weighted by Gasteiger charge is -2.12. The molecule has 0 saturated carbocycles. The minimum absolute atomic E-state index is 0.116. The maximum absolute atomic E-state index is 13.3. The number of carbonyl (C=O) groups is 2. The lowest BCUT2D eigenvalue weighted by atomic mass is 10.2. The molecule has 0 saturated heterocycles. The van der Waals surface area contributed by atoms with Crippen LogP contribution in [0.15, 0.2) is 18.2 Å². The number of benzene rings is 1. The lowest BCUT2D eigenvalue weighted by molar-refractivity contribution is -0.147. The van der Waals surface area contributed by atoms with Gasteiger partial charge in [0.25, 0.3) is 5.91 Å². The summed E-state index contributed by atoms with van der Waals surface area (Å²) in [5.41, 5.74) is 4.71. The molecule has 0 aliphatic heterocycles. The molecule has 5 nitrogen and oxygen atoms in total. The Morgan fingerprint density at radius 2 is 2.06 bits per heavy atom. The van der Waals surface area contributed by atoms with E-state index in [9.17, 15) is 14.0 Å². The van der Waals surface area contributed by atoms with Gasteiger partial charge in [0, 0.05) is 6.07 Å². The van der Waals surface area contributed by atoms with E-state index in [0.29, 0.717) is 0 Å². The molecule has 0 fully saturated rings. The van der Waals surface area contributed by atoms with Crippen LogP contribution >= 0.6 is 0 Å². The topological polar surface area (TPSA) is 78.6 Å². The van der Waals surface area contributed by atoms with Crippen molar-refractivity contribution in [2.45, 2.75) is 13.0 Å². The van der Waals surface area contributed by atoms with Crippen molar-refractivity contribution in [3.8, 4) is 5.75 Å². The Morgan fingerprint density at radius 1 is 1.41 bits per heavy atom. The first kappa shape index (κ1) is 13.0. The third kappa shape index (κ3) is 3.17. The molecule has 1 aromatic carbocycles. The monoisotopic (exact) mass is 241 g/mol. The van der Waals surface area contributed by atoms with Gasteiger partial charge < -0.3 is 15.2 Å². The highest BCUT2D eigenvalue weighted by Gasteiger charge is 2.16. The van der Waals surface area contributed by atoms with Crippen LogP contribution in [0, 0.1) is 5.82 Å². The number of nitrogens with two attached hydrogens (primary N) is 1. The number of halogens is 1. The summed E-state index contributed by atoms with van der Waals surface area (Å²) < 4.78 is 22.9. The summed E-state index contributed by atoms with van der Waals surface area (Å²) in [4.78, 5) is 21.8. The number of esters is 1. The van der Waals surface area contributed by atoms with E-state index in [0.717, 1.165) is 6.07 Å². The van der Waals surface area contributed by atoms with E-state index in [1.54, 1.807) is 0 Å². The Balaban J connectivity index is 2.84. The van der Waals surface area contributed by atoms with Crippen molar-refractivity contribution in [1.29, 1.82) is 0 Å². The number of hydrogen-bond acceptors (Lipinski definition) is 4. The van der Waals surface area contributed by atoms with Gasteiger partial charge in [-0.05, 0) is 19.1 Å². The summed E-state index contributed by atoms with van der Waals surface area (Å²) in [6, 6.07) is 3.53. The second-order valence-electron chi connectivity index (χ2n) is 3.29. The maximum atomic E-state index is 13.3. The van der Waals surface area contributed by atoms with Crippen molar-refractivity contribution in [3.63, 3.8) is 0 Å². The minimum atomic E-state index is -0.866. The first-order valence-electron chi connectivity index (χ1n) is 4.79. The number of carbonyl (C=O) groups excluding carboxylic acids is 2. The number of rotatable bonds is 4. The van der Waals surface area contributed by atoms with Crippen LogP contribution in [0.25, 0.3) is 0 Å². The SMILES string of the molecule is COC(=O)C(C)Oc1ccc(C(N)=O)c(F)c1. The zero-order chi connectivity index (χ0) is 13.0. The summed E-state index contributed by atoms with van der Waals surface area (Å²) >= 11 is 0. The van der Waals surface area contributed by atoms with Gasteiger partial charge in [0.05, 0.1) is 12.7 Å². The van der Waals surface area contributed by atoms with Gasteiger partial charge in [-0.3, -0.25) is 4.79 Å². The normalized spacial score (nSPS) is 11.7. The molecule has 1 unspecified atom stereocenters. The van der Waals surface area contributed by atoms with Crippen LogP contribution in [0.5, 0.6) is 5.75 Å². The van der Waals surface area contributed by atoms with E-state index in [1.807, 2.05) is 0 Å². The van der Waals surface area contributed by atoms with Gasteiger partial charge in [-0.1, -0.05) is 0 Å². The molecule has 92 valence electrons. The molecule has 0 aromatic heterocycles. The van der Waals surface area contributed by atoms with Crippen LogP contribution in [0.1, 0.15) is 17.3 Å². The molecule has 17 heavy (non-hydrogen) atoms. The molecule has 1 aromatic rings. The van der Waals surface area contributed by atoms with Crippen molar-refractivity contribution >= 4 is 11.9 Å². The van der Waals surface area contributed by atoms with E-state index in [-0.39, 0.29) is 11.3 Å². The van der Waals surface area contributed by atoms with E-state index >= 15 is 0 Å². The number of ether oxygens (including phenoxy) is 2. The van der Waals surface area contributed by atoms with Gasteiger partial charge in [0.1, 0.15) is 11.6 Å². The fourth-order valence-corrected chi connectivity index (χ4v) is 1.19. The Labute approximate surface area is 97.3 Å². The molecule has 1 rings (SSSR count). The van der Waals surface area contributed by atoms with Crippen molar-refractivity contribution in [3.05, 3.63) is 29.6 Å². The number of hydrogen-bond donors (Lipinski definition) is 1. The van der Waals surface area contributed by atoms with Gasteiger partial charge >= 0.3 is 5.97 Å². The van der Waals surface area contributed by atoms with Crippen LogP contribution in [0.2, 0.25) is 0 Å². The first-order chi connectivity index (χ1) is 7.95. The van der Waals surface area contributed by atoms with Crippen LogP contribution < -0.4 is 10.5 Å². The fourth-order valence-electron chi connectivity index (χ4n) is 1.19. The highest BCUT2D eigenvalue weighted by atomic mass is 19.1. The van der Waals surface area contributed by atoms with E-state index in [4.69, 9.17) is 10.5 Å². The summed E-state index contributed by atoms with van der Waals surface area (Å²) in [7, 11) is 1.22. The molecule has 0 spiro atoms. The van der Waals surface area contributed by atoms with E-state index < -0.39 is 23.8 Å². The average Bonchev–Trinajstić information content (AvgIpc) is 2.27. The molecule has 6 heteroatoms. The number of methoxy groups -OCH3 is 1. The van der Waals surface area contributed by atoms with Gasteiger partial charge in [0.15, 0.2) is 6.10 Å². The van der Waals surface area contributed by atoms with E-state index in [1.165, 1.54) is 26.2 Å². The molecule has 1 atom stereocenters. The first-order valence-corrected chi connectivity index (χ1v) is 4.79. The minimum Gasteiger partial charge on any atom is -0.479 e. The van der Waals surface area contributed by atoms with Crippen molar-refractivity contribution in [2.75, 3.05) is 7.11 Å². The Hall–Kier alpha value is -2.11. The third-order valence-electron chi connectivity index (χ3n) is 2.05.